The largest absolute Gasteiger partial charge is 0.436 e. The van der Waals surface area contributed by atoms with Crippen LogP contribution in [-0.4, -0.2) is 15.0 Å². The normalized spacial score (nSPS) is 11.3. The van der Waals surface area contributed by atoms with Crippen molar-refractivity contribution in [2.45, 2.75) is 0 Å². The zero-order valence-electron chi connectivity index (χ0n) is 26.5. The first kappa shape index (κ1) is 28.6. The summed E-state index contributed by atoms with van der Waals surface area (Å²) in [5.41, 5.74) is 11.8. The number of hydrogen-bond donors (Lipinski definition) is 0. The highest BCUT2D eigenvalue weighted by atomic mass is 16.3. The van der Waals surface area contributed by atoms with E-state index >= 15 is 0 Å². The predicted molar refractivity (Wildman–Crippen MR) is 200 cm³/mol. The molecule has 0 spiro atoms. The van der Waals surface area contributed by atoms with E-state index in [2.05, 4.69) is 109 Å². The topological polar surface area (TPSA) is 51.8 Å². The van der Waals surface area contributed by atoms with E-state index < -0.39 is 0 Å². The molecule has 0 amide bonds. The van der Waals surface area contributed by atoms with E-state index in [0.717, 1.165) is 72.2 Å². The van der Waals surface area contributed by atoms with E-state index in [1.807, 2.05) is 66.7 Å². The predicted octanol–water partition coefficient (Wildman–Crippen LogP) is 11.8. The van der Waals surface area contributed by atoms with Gasteiger partial charge in [0.25, 0.3) is 0 Å². The first-order chi connectivity index (χ1) is 24.3. The molecule has 0 unspecified atom stereocenters. The lowest BCUT2D eigenvalue weighted by Gasteiger charge is -2.14. The molecule has 0 bridgehead atoms. The molecule has 0 aliphatic heterocycles. The van der Waals surface area contributed by atoms with Gasteiger partial charge in [0.2, 0.25) is 5.89 Å². The number of aromatic nitrogens is 3. The lowest BCUT2D eigenvalue weighted by atomic mass is 9.93. The zero-order chi connectivity index (χ0) is 32.6. The molecule has 0 aliphatic carbocycles. The third-order valence-electron chi connectivity index (χ3n) is 8.98. The van der Waals surface area contributed by atoms with Crippen molar-refractivity contribution < 1.29 is 4.42 Å². The molecule has 9 aromatic rings. The highest BCUT2D eigenvalue weighted by Crippen LogP contribution is 2.40. The molecule has 0 N–H and O–H groups in total. The third-order valence-corrected chi connectivity index (χ3v) is 8.98. The van der Waals surface area contributed by atoms with Gasteiger partial charge in [-0.2, -0.15) is 0 Å². The number of hydrogen-bond acceptors (Lipinski definition) is 4. The molecule has 7 aromatic carbocycles. The number of oxazole rings is 1. The molecule has 0 aliphatic rings. The van der Waals surface area contributed by atoms with Crippen molar-refractivity contribution in [1.29, 1.82) is 0 Å². The summed E-state index contributed by atoms with van der Waals surface area (Å²) in [6.07, 6.45) is 0. The molecule has 0 radical (unpaired) electrons. The number of fused-ring (bicyclic) bond motifs is 2. The van der Waals surface area contributed by atoms with Crippen LogP contribution in [0, 0.1) is 0 Å². The van der Waals surface area contributed by atoms with Crippen LogP contribution in [0.1, 0.15) is 0 Å². The molecule has 0 saturated heterocycles. The quantitative estimate of drug-likeness (QED) is 0.184. The summed E-state index contributed by atoms with van der Waals surface area (Å²) in [6.45, 7) is 0. The second-order valence-electron chi connectivity index (χ2n) is 12.0. The van der Waals surface area contributed by atoms with Gasteiger partial charge >= 0.3 is 0 Å². The van der Waals surface area contributed by atoms with Crippen LogP contribution in [-0.2, 0) is 0 Å². The minimum absolute atomic E-state index is 0.614. The van der Waals surface area contributed by atoms with Gasteiger partial charge in [0.05, 0.1) is 11.4 Å². The molecule has 0 saturated carbocycles. The molecule has 230 valence electrons. The monoisotopic (exact) mass is 627 g/mol. The lowest BCUT2D eigenvalue weighted by Crippen LogP contribution is -1.97. The van der Waals surface area contributed by atoms with Crippen molar-refractivity contribution in [3.8, 4) is 67.6 Å². The minimum Gasteiger partial charge on any atom is -0.436 e. The number of para-hydroxylation sites is 1. The molecule has 0 fully saturated rings. The van der Waals surface area contributed by atoms with Gasteiger partial charge in [0, 0.05) is 27.8 Å². The molecule has 49 heavy (non-hydrogen) atoms. The Morgan fingerprint density at radius 2 is 0.898 bits per heavy atom. The van der Waals surface area contributed by atoms with Crippen LogP contribution in [0.5, 0.6) is 0 Å². The maximum atomic E-state index is 6.24. The van der Waals surface area contributed by atoms with Gasteiger partial charge in [0.1, 0.15) is 5.52 Å². The maximum absolute atomic E-state index is 6.24. The second kappa shape index (κ2) is 12.2. The standard InChI is InChI=1S/C45H29N3O/c1-4-13-30(14-5-1)31-23-25-33(26-24-31)44-46-40(32-15-6-2-7-16-32)29-41(47-44)38-28-27-37(35-19-10-11-20-36(35)38)39-21-12-22-42-43(39)48-45(49-42)34-17-8-3-9-18-34/h1-29H. The Morgan fingerprint density at radius 1 is 0.347 bits per heavy atom. The fourth-order valence-electron chi connectivity index (χ4n) is 6.54. The van der Waals surface area contributed by atoms with E-state index in [4.69, 9.17) is 19.4 Å². The summed E-state index contributed by atoms with van der Waals surface area (Å²) in [7, 11) is 0. The summed E-state index contributed by atoms with van der Waals surface area (Å²) in [5.74, 6) is 1.30. The Kier molecular flexibility index (Phi) is 7.10. The molecule has 4 nitrogen and oxygen atoms in total. The molecule has 4 heteroatoms. The zero-order valence-corrected chi connectivity index (χ0v) is 26.5. The van der Waals surface area contributed by atoms with E-state index in [-0.39, 0.29) is 0 Å². The second-order valence-corrected chi connectivity index (χ2v) is 12.0. The van der Waals surface area contributed by atoms with Crippen molar-refractivity contribution >= 4 is 21.9 Å². The van der Waals surface area contributed by atoms with Crippen LogP contribution in [0.2, 0.25) is 0 Å². The first-order valence-corrected chi connectivity index (χ1v) is 16.4. The van der Waals surface area contributed by atoms with Crippen LogP contribution >= 0.6 is 0 Å². The fraction of sp³-hybridized carbons (Fsp3) is 0. The van der Waals surface area contributed by atoms with Gasteiger partial charge in [-0.05, 0) is 51.7 Å². The van der Waals surface area contributed by atoms with E-state index in [1.165, 1.54) is 5.56 Å². The third kappa shape index (κ3) is 5.35. The van der Waals surface area contributed by atoms with Gasteiger partial charge in [-0.25, -0.2) is 15.0 Å². The Bertz CT molecular complexity index is 2580. The minimum atomic E-state index is 0.614. The summed E-state index contributed by atoms with van der Waals surface area (Å²) >= 11 is 0. The van der Waals surface area contributed by atoms with Crippen LogP contribution in [0.15, 0.2) is 180 Å². The molecular weight excluding hydrogens is 599 g/mol. The fourth-order valence-corrected chi connectivity index (χ4v) is 6.54. The van der Waals surface area contributed by atoms with Crippen molar-refractivity contribution in [3.05, 3.63) is 176 Å². The Labute approximate surface area is 284 Å². The number of nitrogens with zero attached hydrogens (tertiary/aromatic N) is 3. The van der Waals surface area contributed by atoms with Gasteiger partial charge in [-0.3, -0.25) is 0 Å². The average molecular weight is 628 g/mol. The SMILES string of the molecule is c1ccc(-c2ccc(-c3nc(-c4ccccc4)cc(-c4ccc(-c5cccc6oc(-c7ccccc7)nc56)c5ccccc45)n3)cc2)cc1. The van der Waals surface area contributed by atoms with Crippen LogP contribution < -0.4 is 0 Å². The Morgan fingerprint density at radius 3 is 1.61 bits per heavy atom. The van der Waals surface area contributed by atoms with Crippen molar-refractivity contribution in [2.24, 2.45) is 0 Å². The highest BCUT2D eigenvalue weighted by molar-refractivity contribution is 6.08. The lowest BCUT2D eigenvalue weighted by molar-refractivity contribution is 0.620. The van der Waals surface area contributed by atoms with E-state index in [9.17, 15) is 0 Å². The van der Waals surface area contributed by atoms with Gasteiger partial charge < -0.3 is 4.42 Å². The van der Waals surface area contributed by atoms with Crippen molar-refractivity contribution in [2.75, 3.05) is 0 Å². The summed E-state index contributed by atoms with van der Waals surface area (Å²) in [4.78, 5) is 15.3. The summed E-state index contributed by atoms with van der Waals surface area (Å²) in [6, 6.07) is 60.4. The van der Waals surface area contributed by atoms with Crippen LogP contribution in [0.25, 0.3) is 89.5 Å². The van der Waals surface area contributed by atoms with Gasteiger partial charge in [-0.1, -0.05) is 152 Å². The van der Waals surface area contributed by atoms with Gasteiger partial charge in [0.15, 0.2) is 11.4 Å². The summed E-state index contributed by atoms with van der Waals surface area (Å²) in [5, 5.41) is 2.22. The maximum Gasteiger partial charge on any atom is 0.227 e. The van der Waals surface area contributed by atoms with E-state index in [0.29, 0.717) is 11.7 Å². The summed E-state index contributed by atoms with van der Waals surface area (Å²) < 4.78 is 6.24. The first-order valence-electron chi connectivity index (χ1n) is 16.4. The molecule has 2 aromatic heterocycles. The molecular formula is C45H29N3O. The van der Waals surface area contributed by atoms with Gasteiger partial charge in [-0.15, -0.1) is 0 Å². The van der Waals surface area contributed by atoms with Crippen molar-refractivity contribution in [3.63, 3.8) is 0 Å². The highest BCUT2D eigenvalue weighted by Gasteiger charge is 2.18. The Balaban J connectivity index is 1.19. The van der Waals surface area contributed by atoms with Crippen LogP contribution in [0.3, 0.4) is 0 Å². The number of benzene rings is 7. The van der Waals surface area contributed by atoms with Crippen LogP contribution in [0.4, 0.5) is 0 Å². The average Bonchev–Trinajstić information content (AvgIpc) is 3.64. The number of rotatable bonds is 6. The smallest absolute Gasteiger partial charge is 0.227 e. The molecule has 9 rings (SSSR count). The molecule has 2 heterocycles. The molecule has 0 atom stereocenters. The van der Waals surface area contributed by atoms with Crippen molar-refractivity contribution in [1.82, 2.24) is 15.0 Å². The van der Waals surface area contributed by atoms with E-state index in [1.54, 1.807) is 0 Å². The Hall–Kier alpha value is -6.65.